The summed E-state index contributed by atoms with van der Waals surface area (Å²) in [4.78, 5) is 0. The van der Waals surface area contributed by atoms with Crippen LogP contribution in [0.4, 0.5) is 32.0 Å². The number of hydrogen-bond acceptors (Lipinski definition) is 1. The molecule has 1 rings (SSSR count). The number of nitrogens with two attached hydrogens (primary N) is 1. The monoisotopic (exact) mass is 257 g/mol. The van der Waals surface area contributed by atoms with Gasteiger partial charge in [0.25, 0.3) is 0 Å². The molecule has 0 aliphatic heterocycles. The lowest BCUT2D eigenvalue weighted by Crippen LogP contribution is -2.20. The maximum absolute atomic E-state index is 12.9. The average molecular weight is 257 g/mol. The highest BCUT2D eigenvalue weighted by Gasteiger charge is 2.36. The average Bonchev–Trinajstić information content (AvgIpc) is 2.28. The van der Waals surface area contributed by atoms with Crippen molar-refractivity contribution in [1.82, 2.24) is 0 Å². The van der Waals surface area contributed by atoms with Crippen molar-refractivity contribution in [3.8, 4) is 0 Å². The molecule has 0 atom stereocenters. The summed E-state index contributed by atoms with van der Waals surface area (Å²) in [7, 11) is 0. The van der Waals surface area contributed by atoms with Gasteiger partial charge in [-0.1, -0.05) is 12.1 Å². The third-order valence-electron chi connectivity index (χ3n) is 2.20. The molecule has 0 saturated heterocycles. The van der Waals surface area contributed by atoms with E-state index in [0.717, 1.165) is 0 Å². The van der Waals surface area contributed by atoms with E-state index in [1.807, 2.05) is 0 Å². The lowest BCUT2D eigenvalue weighted by atomic mass is 10.0. The molecule has 0 unspecified atom stereocenters. The third-order valence-corrected chi connectivity index (χ3v) is 2.20. The van der Waals surface area contributed by atoms with E-state index in [-0.39, 0.29) is 0 Å². The number of hydrogen-bond donors (Lipinski definition) is 1. The van der Waals surface area contributed by atoms with Crippen LogP contribution >= 0.6 is 0 Å². The van der Waals surface area contributed by atoms with Gasteiger partial charge < -0.3 is 5.73 Å². The van der Waals surface area contributed by atoms with Crippen LogP contribution in [-0.2, 0) is 11.8 Å². The summed E-state index contributed by atoms with van der Waals surface area (Å²) in [5.41, 5.74) is 2.72. The zero-order chi connectivity index (χ0) is 13.3. The second-order valence-corrected chi connectivity index (χ2v) is 3.48. The first-order valence-corrected chi connectivity index (χ1v) is 4.52. The van der Waals surface area contributed by atoms with Gasteiger partial charge in [-0.05, 0) is 6.07 Å². The first-order chi connectivity index (χ1) is 7.74. The molecule has 2 N–H and O–H groups in total. The van der Waals surface area contributed by atoms with Gasteiger partial charge in [-0.25, -0.2) is 8.78 Å². The molecule has 0 spiro atoms. The Balaban J connectivity index is 3.20. The van der Waals surface area contributed by atoms with E-state index in [9.17, 15) is 26.3 Å². The minimum Gasteiger partial charge on any atom is -0.398 e. The molecule has 1 nitrogen and oxygen atoms in total. The number of alkyl halides is 6. The number of halogens is 6. The van der Waals surface area contributed by atoms with Crippen LogP contribution in [0.2, 0.25) is 0 Å². The maximum atomic E-state index is 12.9. The van der Waals surface area contributed by atoms with Gasteiger partial charge >= 0.3 is 11.8 Å². The van der Waals surface area contributed by atoms with Gasteiger partial charge in [0.1, 0.15) is 0 Å². The standard InChI is InChI=1S/C10H9F6N/c11-4-9(13,14)6-1-2-7(8(17)3-6)10(15,16)5-12/h1-3H,4-5,17H2. The third kappa shape index (κ3) is 2.65. The minimum atomic E-state index is -3.84. The Bertz CT molecular complexity index is 404. The number of rotatable bonds is 4. The molecule has 0 fully saturated rings. The molecule has 0 radical (unpaired) electrons. The maximum Gasteiger partial charge on any atom is 0.302 e. The summed E-state index contributed by atoms with van der Waals surface area (Å²) in [6.07, 6.45) is 0. The van der Waals surface area contributed by atoms with Gasteiger partial charge in [-0.2, -0.15) is 17.6 Å². The molecule has 0 bridgehead atoms. The summed E-state index contributed by atoms with van der Waals surface area (Å²) < 4.78 is 75.7. The van der Waals surface area contributed by atoms with Crippen LogP contribution in [0.15, 0.2) is 18.2 Å². The fourth-order valence-corrected chi connectivity index (χ4v) is 1.27. The molecule has 0 aromatic heterocycles. The Hall–Kier alpha value is -1.40. The van der Waals surface area contributed by atoms with E-state index in [4.69, 9.17) is 5.73 Å². The van der Waals surface area contributed by atoms with Crippen molar-refractivity contribution in [3.05, 3.63) is 29.3 Å². The van der Waals surface area contributed by atoms with Gasteiger partial charge in [-0.15, -0.1) is 0 Å². The van der Waals surface area contributed by atoms with Crippen LogP contribution in [0, 0.1) is 0 Å². The summed E-state index contributed by atoms with van der Waals surface area (Å²) in [6, 6.07) is 1.71. The molecular formula is C10H9F6N. The van der Waals surface area contributed by atoms with Crippen molar-refractivity contribution >= 4 is 5.69 Å². The number of anilines is 1. The van der Waals surface area contributed by atoms with E-state index in [0.29, 0.717) is 18.2 Å². The predicted molar refractivity (Wildman–Crippen MR) is 50.6 cm³/mol. The first-order valence-electron chi connectivity index (χ1n) is 4.52. The Morgan fingerprint density at radius 1 is 0.941 bits per heavy atom. The van der Waals surface area contributed by atoms with Crippen molar-refractivity contribution in [2.45, 2.75) is 11.8 Å². The smallest absolute Gasteiger partial charge is 0.302 e. The molecule has 1 aromatic carbocycles. The molecular weight excluding hydrogens is 248 g/mol. The first kappa shape index (κ1) is 13.7. The van der Waals surface area contributed by atoms with Crippen molar-refractivity contribution in [2.24, 2.45) is 0 Å². The fraction of sp³-hybridized carbons (Fsp3) is 0.400. The molecule has 0 aliphatic rings. The van der Waals surface area contributed by atoms with Gasteiger partial charge in [0, 0.05) is 16.8 Å². The van der Waals surface area contributed by atoms with Crippen molar-refractivity contribution < 1.29 is 26.3 Å². The zero-order valence-electron chi connectivity index (χ0n) is 8.49. The molecule has 96 valence electrons. The predicted octanol–water partition coefficient (Wildman–Crippen LogP) is 3.39. The molecule has 0 saturated carbocycles. The Labute approximate surface area is 93.2 Å². The van der Waals surface area contributed by atoms with Gasteiger partial charge in [0.2, 0.25) is 0 Å². The molecule has 17 heavy (non-hydrogen) atoms. The Kier molecular flexibility index (Phi) is 3.59. The van der Waals surface area contributed by atoms with E-state index < -0.39 is 42.0 Å². The second-order valence-electron chi connectivity index (χ2n) is 3.48. The Morgan fingerprint density at radius 3 is 1.88 bits per heavy atom. The normalized spacial score (nSPS) is 12.8. The summed E-state index contributed by atoms with van der Waals surface area (Å²) in [5.74, 6) is -7.63. The van der Waals surface area contributed by atoms with Crippen LogP contribution in [0.3, 0.4) is 0 Å². The summed E-state index contributed by atoms with van der Waals surface area (Å²) >= 11 is 0. The second kappa shape index (κ2) is 4.46. The number of nitrogen functional groups attached to an aromatic ring is 1. The Morgan fingerprint density at radius 2 is 1.47 bits per heavy atom. The highest BCUT2D eigenvalue weighted by molar-refractivity contribution is 5.52. The highest BCUT2D eigenvalue weighted by Crippen LogP contribution is 2.36. The fourth-order valence-electron chi connectivity index (χ4n) is 1.27. The van der Waals surface area contributed by atoms with E-state index >= 15 is 0 Å². The highest BCUT2D eigenvalue weighted by atomic mass is 19.3. The molecule has 0 heterocycles. The van der Waals surface area contributed by atoms with Crippen LogP contribution < -0.4 is 5.73 Å². The van der Waals surface area contributed by atoms with Crippen LogP contribution in [-0.4, -0.2) is 13.3 Å². The van der Waals surface area contributed by atoms with Crippen molar-refractivity contribution in [1.29, 1.82) is 0 Å². The SMILES string of the molecule is Nc1cc(C(F)(F)CF)ccc1C(F)(F)CF. The van der Waals surface area contributed by atoms with Gasteiger partial charge in [0.15, 0.2) is 13.3 Å². The minimum absolute atomic E-state index is 0.526. The summed E-state index contributed by atoms with van der Waals surface area (Å²) in [5, 5.41) is 0. The summed E-state index contributed by atoms with van der Waals surface area (Å²) in [6.45, 7) is -3.96. The number of benzene rings is 1. The van der Waals surface area contributed by atoms with Crippen LogP contribution in [0.5, 0.6) is 0 Å². The van der Waals surface area contributed by atoms with Crippen molar-refractivity contribution in [3.63, 3.8) is 0 Å². The molecule has 7 heteroatoms. The van der Waals surface area contributed by atoms with Crippen molar-refractivity contribution in [2.75, 3.05) is 19.1 Å². The quantitative estimate of drug-likeness (QED) is 0.649. The van der Waals surface area contributed by atoms with Gasteiger partial charge in [0.05, 0.1) is 0 Å². The zero-order valence-corrected chi connectivity index (χ0v) is 8.49. The van der Waals surface area contributed by atoms with Gasteiger partial charge in [-0.3, -0.25) is 0 Å². The molecule has 0 amide bonds. The van der Waals surface area contributed by atoms with Crippen LogP contribution in [0.25, 0.3) is 0 Å². The lowest BCUT2D eigenvalue weighted by molar-refractivity contribution is -0.0311. The topological polar surface area (TPSA) is 26.0 Å². The largest absolute Gasteiger partial charge is 0.398 e. The lowest BCUT2D eigenvalue weighted by Gasteiger charge is -2.18. The molecule has 1 aromatic rings. The van der Waals surface area contributed by atoms with E-state index in [1.54, 1.807) is 0 Å². The molecule has 0 aliphatic carbocycles. The van der Waals surface area contributed by atoms with E-state index in [2.05, 4.69) is 0 Å². The van der Waals surface area contributed by atoms with E-state index in [1.165, 1.54) is 0 Å². The van der Waals surface area contributed by atoms with Crippen LogP contribution in [0.1, 0.15) is 11.1 Å².